The Morgan fingerprint density at radius 2 is 2.17 bits per heavy atom. The van der Waals surface area contributed by atoms with Crippen LogP contribution in [0.3, 0.4) is 0 Å². The van der Waals surface area contributed by atoms with Gasteiger partial charge >= 0.3 is 0 Å². The van der Waals surface area contributed by atoms with Crippen molar-refractivity contribution in [1.29, 1.82) is 0 Å². The number of likely N-dealkylation sites (tertiary alicyclic amines) is 1. The van der Waals surface area contributed by atoms with Crippen LogP contribution in [-0.4, -0.2) is 55.7 Å². The number of piperidine rings is 1. The highest BCUT2D eigenvalue weighted by Crippen LogP contribution is 2.18. The molecule has 0 saturated carbocycles. The zero-order valence-electron chi connectivity index (χ0n) is 11.3. The molecule has 0 aromatic carbocycles. The van der Waals surface area contributed by atoms with Gasteiger partial charge < -0.3 is 20.7 Å². The second kappa shape index (κ2) is 5.99. The normalized spacial score (nSPS) is 28.9. The van der Waals surface area contributed by atoms with Crippen molar-refractivity contribution in [3.8, 4) is 0 Å². The third-order valence-corrected chi connectivity index (χ3v) is 4.26. The summed E-state index contributed by atoms with van der Waals surface area (Å²) in [6.45, 7) is 3.03. The van der Waals surface area contributed by atoms with E-state index in [1.165, 1.54) is 12.8 Å². The van der Waals surface area contributed by atoms with Crippen molar-refractivity contribution in [3.63, 3.8) is 0 Å². The van der Waals surface area contributed by atoms with Crippen molar-refractivity contribution in [2.24, 2.45) is 5.73 Å². The van der Waals surface area contributed by atoms with Crippen molar-refractivity contribution in [2.75, 3.05) is 33.4 Å². The fourth-order valence-corrected chi connectivity index (χ4v) is 2.75. The van der Waals surface area contributed by atoms with Crippen molar-refractivity contribution in [2.45, 2.75) is 43.7 Å². The third kappa shape index (κ3) is 3.22. The predicted octanol–water partition coefficient (Wildman–Crippen LogP) is 0.0948. The summed E-state index contributed by atoms with van der Waals surface area (Å²) in [4.78, 5) is 14.5. The number of hydrogen-bond acceptors (Lipinski definition) is 4. The Morgan fingerprint density at radius 1 is 1.44 bits per heavy atom. The molecule has 2 rings (SSSR count). The van der Waals surface area contributed by atoms with Crippen molar-refractivity contribution >= 4 is 5.91 Å². The summed E-state index contributed by atoms with van der Waals surface area (Å²) in [5, 5.41) is 3.03. The van der Waals surface area contributed by atoms with E-state index in [1.54, 1.807) is 0 Å². The van der Waals surface area contributed by atoms with Gasteiger partial charge in [-0.3, -0.25) is 4.79 Å². The van der Waals surface area contributed by atoms with Gasteiger partial charge in [0, 0.05) is 25.8 Å². The van der Waals surface area contributed by atoms with Crippen LogP contribution in [0, 0.1) is 0 Å². The summed E-state index contributed by atoms with van der Waals surface area (Å²) in [6, 6.07) is 0.464. The van der Waals surface area contributed by atoms with Gasteiger partial charge in [0.1, 0.15) is 0 Å². The van der Waals surface area contributed by atoms with Gasteiger partial charge in [0.05, 0.1) is 5.54 Å². The molecule has 5 heteroatoms. The van der Waals surface area contributed by atoms with E-state index in [1.807, 2.05) is 0 Å². The predicted molar refractivity (Wildman–Crippen MR) is 70.3 cm³/mol. The van der Waals surface area contributed by atoms with Crippen LogP contribution in [0.5, 0.6) is 0 Å². The molecule has 1 atom stereocenters. The SMILES string of the molecule is CN1CCCCC1CNC(=O)C1(N)CCOCC1. The first kappa shape index (κ1) is 13.8. The lowest BCUT2D eigenvalue weighted by atomic mass is 9.90. The topological polar surface area (TPSA) is 67.6 Å². The van der Waals surface area contributed by atoms with Gasteiger partial charge in [-0.25, -0.2) is 0 Å². The maximum atomic E-state index is 12.2. The van der Waals surface area contributed by atoms with E-state index in [0.717, 1.165) is 19.5 Å². The number of amides is 1. The number of nitrogens with one attached hydrogen (secondary N) is 1. The van der Waals surface area contributed by atoms with E-state index >= 15 is 0 Å². The van der Waals surface area contributed by atoms with Crippen LogP contribution in [0.4, 0.5) is 0 Å². The first-order valence-electron chi connectivity index (χ1n) is 6.97. The second-order valence-corrected chi connectivity index (χ2v) is 5.61. The number of likely N-dealkylation sites (N-methyl/N-ethyl adjacent to an activating group) is 1. The zero-order valence-corrected chi connectivity index (χ0v) is 11.3. The minimum absolute atomic E-state index is 0.00947. The van der Waals surface area contributed by atoms with E-state index in [-0.39, 0.29) is 5.91 Å². The van der Waals surface area contributed by atoms with Gasteiger partial charge in [-0.05, 0) is 39.3 Å². The summed E-state index contributed by atoms with van der Waals surface area (Å²) in [6.07, 6.45) is 4.93. The Balaban J connectivity index is 1.80. The molecule has 2 heterocycles. The summed E-state index contributed by atoms with van der Waals surface area (Å²) in [5.41, 5.74) is 5.43. The van der Waals surface area contributed by atoms with E-state index < -0.39 is 5.54 Å². The number of hydrogen-bond donors (Lipinski definition) is 2. The lowest BCUT2D eigenvalue weighted by Gasteiger charge is -2.35. The van der Waals surface area contributed by atoms with Crippen molar-refractivity contribution in [3.05, 3.63) is 0 Å². The Kier molecular flexibility index (Phi) is 4.59. The summed E-state index contributed by atoms with van der Waals surface area (Å²) >= 11 is 0. The number of carbonyl (C=O) groups is 1. The van der Waals surface area contributed by atoms with Gasteiger partial charge in [-0.15, -0.1) is 0 Å². The molecule has 3 N–H and O–H groups in total. The third-order valence-electron chi connectivity index (χ3n) is 4.26. The molecule has 1 unspecified atom stereocenters. The minimum Gasteiger partial charge on any atom is -0.381 e. The molecule has 2 aliphatic rings. The molecule has 104 valence electrons. The van der Waals surface area contributed by atoms with Gasteiger partial charge in [0.25, 0.3) is 0 Å². The lowest BCUT2D eigenvalue weighted by molar-refractivity contribution is -0.130. The first-order chi connectivity index (χ1) is 8.62. The minimum atomic E-state index is -0.717. The molecule has 0 spiro atoms. The van der Waals surface area contributed by atoms with Crippen LogP contribution in [0.2, 0.25) is 0 Å². The van der Waals surface area contributed by atoms with Crippen molar-refractivity contribution < 1.29 is 9.53 Å². The zero-order chi connectivity index (χ0) is 13.0. The summed E-state index contributed by atoms with van der Waals surface area (Å²) in [5.74, 6) is -0.00947. The van der Waals surface area contributed by atoms with Gasteiger partial charge in [-0.1, -0.05) is 6.42 Å². The van der Waals surface area contributed by atoms with Crippen LogP contribution >= 0.6 is 0 Å². The van der Waals surface area contributed by atoms with Crippen LogP contribution < -0.4 is 11.1 Å². The van der Waals surface area contributed by atoms with Crippen LogP contribution in [-0.2, 0) is 9.53 Å². The monoisotopic (exact) mass is 255 g/mol. The molecule has 5 nitrogen and oxygen atoms in total. The number of rotatable bonds is 3. The molecule has 1 amide bonds. The molecule has 18 heavy (non-hydrogen) atoms. The number of ether oxygens (including phenoxy) is 1. The Bertz CT molecular complexity index is 290. The summed E-state index contributed by atoms with van der Waals surface area (Å²) in [7, 11) is 2.13. The number of nitrogens with two attached hydrogens (primary N) is 1. The highest BCUT2D eigenvalue weighted by molar-refractivity contribution is 5.86. The fourth-order valence-electron chi connectivity index (χ4n) is 2.75. The van der Waals surface area contributed by atoms with Gasteiger partial charge in [0.15, 0.2) is 0 Å². The van der Waals surface area contributed by atoms with Gasteiger partial charge in [0.2, 0.25) is 5.91 Å². The number of carbonyl (C=O) groups excluding carboxylic acids is 1. The summed E-state index contributed by atoms with van der Waals surface area (Å²) < 4.78 is 5.26. The lowest BCUT2D eigenvalue weighted by Crippen LogP contribution is -2.58. The van der Waals surface area contributed by atoms with Crippen molar-refractivity contribution in [1.82, 2.24) is 10.2 Å². The molecule has 0 aliphatic carbocycles. The van der Waals surface area contributed by atoms with Gasteiger partial charge in [-0.2, -0.15) is 0 Å². The second-order valence-electron chi connectivity index (χ2n) is 5.61. The first-order valence-corrected chi connectivity index (χ1v) is 6.97. The molecule has 0 aromatic heterocycles. The molecule has 0 bridgehead atoms. The quantitative estimate of drug-likeness (QED) is 0.750. The highest BCUT2D eigenvalue weighted by Gasteiger charge is 2.36. The van der Waals surface area contributed by atoms with Crippen LogP contribution in [0.1, 0.15) is 32.1 Å². The van der Waals surface area contributed by atoms with E-state index in [9.17, 15) is 4.79 Å². The smallest absolute Gasteiger partial charge is 0.240 e. The Labute approximate surface area is 109 Å². The standard InChI is InChI=1S/C13H25N3O2/c1-16-7-3-2-4-11(16)10-15-12(17)13(14)5-8-18-9-6-13/h11H,2-10,14H2,1H3,(H,15,17). The average Bonchev–Trinajstić information content (AvgIpc) is 2.38. The number of nitrogens with zero attached hydrogens (tertiary/aromatic N) is 1. The van der Waals surface area contributed by atoms with E-state index in [2.05, 4.69) is 17.3 Å². The molecule has 2 fully saturated rings. The Morgan fingerprint density at radius 3 is 2.83 bits per heavy atom. The molecule has 0 aromatic rings. The van der Waals surface area contributed by atoms with Crippen LogP contribution in [0.25, 0.3) is 0 Å². The Hall–Kier alpha value is -0.650. The maximum absolute atomic E-state index is 12.2. The molecule has 2 aliphatic heterocycles. The largest absolute Gasteiger partial charge is 0.381 e. The van der Waals surface area contributed by atoms with E-state index in [4.69, 9.17) is 10.5 Å². The molecular formula is C13H25N3O2. The fraction of sp³-hybridized carbons (Fsp3) is 0.923. The molecule has 2 saturated heterocycles. The molecule has 0 radical (unpaired) electrons. The molecular weight excluding hydrogens is 230 g/mol. The maximum Gasteiger partial charge on any atom is 0.240 e. The van der Waals surface area contributed by atoms with Crippen LogP contribution in [0.15, 0.2) is 0 Å². The average molecular weight is 255 g/mol. The highest BCUT2D eigenvalue weighted by atomic mass is 16.5. The van der Waals surface area contributed by atoms with E-state index in [0.29, 0.717) is 32.1 Å².